The van der Waals surface area contributed by atoms with E-state index in [1.807, 2.05) is 25.2 Å². The van der Waals surface area contributed by atoms with Crippen LogP contribution in [0, 0.1) is 0 Å². The third-order valence-electron chi connectivity index (χ3n) is 4.15. The van der Waals surface area contributed by atoms with Gasteiger partial charge in [0.15, 0.2) is 0 Å². The number of benzene rings is 1. The fourth-order valence-corrected chi connectivity index (χ4v) is 2.57. The number of hydrogen-bond donors (Lipinski definition) is 2. The Hall–Kier alpha value is -3.36. The Balaban J connectivity index is 1.47. The fourth-order valence-electron chi connectivity index (χ4n) is 2.57. The molecule has 1 saturated carbocycles. The zero-order valence-corrected chi connectivity index (χ0v) is 15.1. The molecule has 2 heterocycles. The SMILES string of the molecule is CNc1ccnc(Nc2ccc(OC)c(COc3noc(C4CC4)n3)c2)n1. The van der Waals surface area contributed by atoms with Gasteiger partial charge in [0.2, 0.25) is 11.8 Å². The van der Waals surface area contributed by atoms with Crippen LogP contribution >= 0.6 is 0 Å². The van der Waals surface area contributed by atoms with Crippen LogP contribution < -0.4 is 20.1 Å². The first kappa shape index (κ1) is 17.1. The maximum Gasteiger partial charge on any atom is 0.354 e. The molecule has 2 aromatic heterocycles. The summed E-state index contributed by atoms with van der Waals surface area (Å²) in [5.74, 6) is 2.97. The van der Waals surface area contributed by atoms with Crippen molar-refractivity contribution < 1.29 is 14.0 Å². The second kappa shape index (κ2) is 7.48. The maximum atomic E-state index is 5.67. The van der Waals surface area contributed by atoms with Crippen LogP contribution in [0.25, 0.3) is 0 Å². The summed E-state index contributed by atoms with van der Waals surface area (Å²) in [5, 5.41) is 10.0. The quantitative estimate of drug-likeness (QED) is 0.620. The van der Waals surface area contributed by atoms with Crippen LogP contribution in [0.2, 0.25) is 0 Å². The first-order chi connectivity index (χ1) is 13.2. The monoisotopic (exact) mass is 368 g/mol. The van der Waals surface area contributed by atoms with E-state index in [9.17, 15) is 0 Å². The molecule has 0 spiro atoms. The van der Waals surface area contributed by atoms with Crippen molar-refractivity contribution in [1.29, 1.82) is 0 Å². The molecule has 1 aromatic carbocycles. The molecule has 1 fully saturated rings. The number of anilines is 3. The molecule has 0 saturated heterocycles. The second-order valence-corrected chi connectivity index (χ2v) is 6.15. The number of aromatic nitrogens is 4. The number of nitrogens with one attached hydrogen (secondary N) is 2. The molecular formula is C18H20N6O3. The van der Waals surface area contributed by atoms with Crippen molar-refractivity contribution in [1.82, 2.24) is 20.1 Å². The van der Waals surface area contributed by atoms with Crippen molar-refractivity contribution in [3.8, 4) is 11.8 Å². The van der Waals surface area contributed by atoms with Gasteiger partial charge in [-0.05, 0) is 42.3 Å². The Kier molecular flexibility index (Phi) is 4.73. The molecule has 9 nitrogen and oxygen atoms in total. The summed E-state index contributed by atoms with van der Waals surface area (Å²) in [6.07, 6.45) is 3.88. The predicted molar refractivity (Wildman–Crippen MR) is 98.5 cm³/mol. The fraction of sp³-hybridized carbons (Fsp3) is 0.333. The van der Waals surface area contributed by atoms with Crippen molar-refractivity contribution in [2.24, 2.45) is 0 Å². The summed E-state index contributed by atoms with van der Waals surface area (Å²) in [4.78, 5) is 12.8. The van der Waals surface area contributed by atoms with E-state index >= 15 is 0 Å². The number of rotatable bonds is 8. The van der Waals surface area contributed by atoms with E-state index < -0.39 is 0 Å². The maximum absolute atomic E-state index is 5.67. The Morgan fingerprint density at radius 3 is 2.89 bits per heavy atom. The van der Waals surface area contributed by atoms with Gasteiger partial charge >= 0.3 is 6.01 Å². The van der Waals surface area contributed by atoms with E-state index in [1.54, 1.807) is 19.4 Å². The number of hydrogen-bond acceptors (Lipinski definition) is 9. The van der Waals surface area contributed by atoms with Crippen molar-refractivity contribution in [2.75, 3.05) is 24.8 Å². The summed E-state index contributed by atoms with van der Waals surface area (Å²) in [5.41, 5.74) is 1.65. The van der Waals surface area contributed by atoms with Crippen LogP contribution in [-0.4, -0.2) is 34.3 Å². The molecule has 4 rings (SSSR count). The van der Waals surface area contributed by atoms with E-state index in [-0.39, 0.29) is 12.6 Å². The smallest absolute Gasteiger partial charge is 0.354 e. The van der Waals surface area contributed by atoms with Gasteiger partial charge in [-0.25, -0.2) is 4.98 Å². The molecule has 140 valence electrons. The molecule has 0 atom stereocenters. The van der Waals surface area contributed by atoms with Crippen molar-refractivity contribution >= 4 is 17.5 Å². The summed E-state index contributed by atoms with van der Waals surface area (Å²) in [6, 6.07) is 7.68. The first-order valence-electron chi connectivity index (χ1n) is 8.66. The Labute approximate surface area is 156 Å². The summed E-state index contributed by atoms with van der Waals surface area (Å²) >= 11 is 0. The lowest BCUT2D eigenvalue weighted by Gasteiger charge is -2.12. The summed E-state index contributed by atoms with van der Waals surface area (Å²) in [6.45, 7) is 0.250. The van der Waals surface area contributed by atoms with Gasteiger partial charge in [-0.2, -0.15) is 9.97 Å². The van der Waals surface area contributed by atoms with Gasteiger partial charge in [0.1, 0.15) is 18.2 Å². The third-order valence-corrected chi connectivity index (χ3v) is 4.15. The minimum Gasteiger partial charge on any atom is -0.496 e. The third kappa shape index (κ3) is 4.08. The van der Waals surface area contributed by atoms with Gasteiger partial charge < -0.3 is 24.6 Å². The highest BCUT2D eigenvalue weighted by Crippen LogP contribution is 2.39. The largest absolute Gasteiger partial charge is 0.496 e. The van der Waals surface area contributed by atoms with Gasteiger partial charge in [-0.15, -0.1) is 0 Å². The lowest BCUT2D eigenvalue weighted by molar-refractivity contribution is 0.256. The lowest BCUT2D eigenvalue weighted by atomic mass is 10.2. The highest BCUT2D eigenvalue weighted by atomic mass is 16.6. The Bertz CT molecular complexity index is 925. The minimum atomic E-state index is 0.238. The highest BCUT2D eigenvalue weighted by molar-refractivity contribution is 5.58. The molecule has 1 aliphatic rings. The molecule has 3 aromatic rings. The average Bonchev–Trinajstić information content (AvgIpc) is 3.45. The molecule has 0 amide bonds. The van der Waals surface area contributed by atoms with Crippen LogP contribution in [0.1, 0.15) is 30.2 Å². The zero-order chi connectivity index (χ0) is 18.6. The first-order valence-corrected chi connectivity index (χ1v) is 8.66. The van der Waals surface area contributed by atoms with Gasteiger partial charge in [0.25, 0.3) is 0 Å². The van der Waals surface area contributed by atoms with Crippen LogP contribution in [-0.2, 0) is 6.61 Å². The molecule has 1 aliphatic carbocycles. The van der Waals surface area contributed by atoms with Crippen molar-refractivity contribution in [2.45, 2.75) is 25.4 Å². The average molecular weight is 368 g/mol. The summed E-state index contributed by atoms with van der Waals surface area (Å²) in [7, 11) is 3.42. The van der Waals surface area contributed by atoms with Gasteiger partial charge in [0.05, 0.1) is 7.11 Å². The standard InChI is InChI=1S/C18H20N6O3/c1-19-15-7-8-20-17(22-15)21-13-5-6-14(25-2)12(9-13)10-26-18-23-16(27-24-18)11-3-4-11/h5-9,11H,3-4,10H2,1-2H3,(H2,19,20,21,22). The Morgan fingerprint density at radius 2 is 2.11 bits per heavy atom. The van der Waals surface area contributed by atoms with Gasteiger partial charge in [0, 0.05) is 30.4 Å². The molecule has 0 radical (unpaired) electrons. The normalized spacial score (nSPS) is 13.3. The topological polar surface area (TPSA) is 107 Å². The number of methoxy groups -OCH3 is 1. The molecule has 27 heavy (non-hydrogen) atoms. The van der Waals surface area contributed by atoms with Crippen molar-refractivity contribution in [3.05, 3.63) is 41.9 Å². The van der Waals surface area contributed by atoms with Gasteiger partial charge in [-0.1, -0.05) is 0 Å². The van der Waals surface area contributed by atoms with E-state index in [0.717, 1.165) is 29.9 Å². The van der Waals surface area contributed by atoms with Crippen LogP contribution in [0.3, 0.4) is 0 Å². The number of nitrogens with zero attached hydrogens (tertiary/aromatic N) is 4. The van der Waals surface area contributed by atoms with E-state index in [4.69, 9.17) is 14.0 Å². The highest BCUT2D eigenvalue weighted by Gasteiger charge is 2.30. The minimum absolute atomic E-state index is 0.238. The summed E-state index contributed by atoms with van der Waals surface area (Å²) < 4.78 is 16.3. The molecule has 0 bridgehead atoms. The van der Waals surface area contributed by atoms with E-state index in [0.29, 0.717) is 23.5 Å². The molecule has 9 heteroatoms. The van der Waals surface area contributed by atoms with E-state index in [2.05, 4.69) is 30.7 Å². The second-order valence-electron chi connectivity index (χ2n) is 6.15. The molecule has 2 N–H and O–H groups in total. The van der Waals surface area contributed by atoms with Crippen LogP contribution in [0.15, 0.2) is 35.0 Å². The van der Waals surface area contributed by atoms with E-state index in [1.165, 1.54) is 0 Å². The predicted octanol–water partition coefficient (Wildman–Crippen LogP) is 3.11. The number of ether oxygens (including phenoxy) is 2. The van der Waals surface area contributed by atoms with Crippen molar-refractivity contribution in [3.63, 3.8) is 0 Å². The van der Waals surface area contributed by atoms with Gasteiger partial charge in [-0.3, -0.25) is 0 Å². The van der Waals surface area contributed by atoms with Crippen LogP contribution in [0.5, 0.6) is 11.8 Å². The zero-order valence-electron chi connectivity index (χ0n) is 15.1. The molecular weight excluding hydrogens is 348 g/mol. The lowest BCUT2D eigenvalue weighted by Crippen LogP contribution is -2.03. The Morgan fingerprint density at radius 1 is 1.22 bits per heavy atom. The molecule has 0 unspecified atom stereocenters. The molecule has 0 aliphatic heterocycles. The van der Waals surface area contributed by atoms with Crippen LogP contribution in [0.4, 0.5) is 17.5 Å².